The summed E-state index contributed by atoms with van der Waals surface area (Å²) in [5.74, 6) is -1.10. The predicted molar refractivity (Wildman–Crippen MR) is 79.4 cm³/mol. The lowest BCUT2D eigenvalue weighted by Gasteiger charge is -2.08. The second-order valence-electron chi connectivity index (χ2n) is 4.45. The normalized spacial score (nSPS) is 12.2. The van der Waals surface area contributed by atoms with E-state index in [1.807, 2.05) is 26.0 Å². The molecule has 1 atom stereocenters. The van der Waals surface area contributed by atoms with Gasteiger partial charge < -0.3 is 15.2 Å². The van der Waals surface area contributed by atoms with Crippen molar-refractivity contribution in [2.24, 2.45) is 0 Å². The first-order chi connectivity index (χ1) is 9.44. The quantitative estimate of drug-likeness (QED) is 0.853. The van der Waals surface area contributed by atoms with Crippen molar-refractivity contribution in [3.05, 3.63) is 29.3 Å². The number of nitrogens with one attached hydrogen (secondary N) is 1. The summed E-state index contributed by atoms with van der Waals surface area (Å²) in [6, 6.07) is 6.13. The smallest absolute Gasteiger partial charge is 0.210 e. The van der Waals surface area contributed by atoms with Crippen LogP contribution in [-0.4, -0.2) is 21.4 Å². The molecule has 7 heteroatoms. The molecule has 0 aliphatic carbocycles. The van der Waals surface area contributed by atoms with E-state index in [1.165, 1.54) is 11.3 Å². The van der Waals surface area contributed by atoms with Crippen LogP contribution in [0.3, 0.4) is 0 Å². The number of carboxylic acids is 1. The highest BCUT2D eigenvalue weighted by Gasteiger charge is 2.10. The minimum atomic E-state index is -1.10. The van der Waals surface area contributed by atoms with Crippen LogP contribution in [0.15, 0.2) is 22.5 Å². The number of aryl methyl sites for hydroxylation is 2. The van der Waals surface area contributed by atoms with Crippen LogP contribution in [0, 0.1) is 13.8 Å². The van der Waals surface area contributed by atoms with Gasteiger partial charge in [0.25, 0.3) is 0 Å². The summed E-state index contributed by atoms with van der Waals surface area (Å²) >= 11 is 2.46. The van der Waals surface area contributed by atoms with E-state index >= 15 is 0 Å². The molecule has 0 amide bonds. The van der Waals surface area contributed by atoms with Crippen LogP contribution in [0.25, 0.3) is 0 Å². The zero-order valence-corrected chi connectivity index (χ0v) is 13.0. The van der Waals surface area contributed by atoms with E-state index in [9.17, 15) is 9.90 Å². The van der Waals surface area contributed by atoms with Gasteiger partial charge in [-0.1, -0.05) is 29.2 Å². The molecule has 0 radical (unpaired) electrons. The molecule has 5 nitrogen and oxygen atoms in total. The number of carbonyl (C=O) groups is 1. The number of benzene rings is 1. The first-order valence-electron chi connectivity index (χ1n) is 6.00. The monoisotopic (exact) mass is 308 g/mol. The van der Waals surface area contributed by atoms with Crippen LogP contribution in [0.4, 0.5) is 10.8 Å². The standard InChI is InChI=1S/C13H15N3O2S2/c1-7-4-8(2)6-10(5-7)14-12-15-16-13(20-12)19-9(3)11(17)18/h4-6,9H,1-3H3,(H,14,15)(H,17,18)/p-1/t9-/m0/s1. The Morgan fingerprint density at radius 1 is 1.30 bits per heavy atom. The number of nitrogens with zero attached hydrogens (tertiary/aromatic N) is 2. The Labute approximate surface area is 125 Å². The minimum Gasteiger partial charge on any atom is -0.549 e. The van der Waals surface area contributed by atoms with Crippen molar-refractivity contribution in [2.75, 3.05) is 5.32 Å². The third-order valence-electron chi connectivity index (χ3n) is 2.49. The highest BCUT2D eigenvalue weighted by atomic mass is 32.2. The topological polar surface area (TPSA) is 77.9 Å². The van der Waals surface area contributed by atoms with E-state index in [1.54, 1.807) is 6.92 Å². The van der Waals surface area contributed by atoms with Gasteiger partial charge >= 0.3 is 0 Å². The summed E-state index contributed by atoms with van der Waals surface area (Å²) in [5, 5.41) is 21.8. The van der Waals surface area contributed by atoms with Crippen LogP contribution in [0.5, 0.6) is 0 Å². The molecule has 0 fully saturated rings. The molecule has 1 N–H and O–H groups in total. The number of carboxylic acid groups (broad SMARTS) is 1. The van der Waals surface area contributed by atoms with Gasteiger partial charge in [-0.2, -0.15) is 0 Å². The van der Waals surface area contributed by atoms with Crippen molar-refractivity contribution >= 4 is 39.9 Å². The van der Waals surface area contributed by atoms with Gasteiger partial charge in [0.05, 0.1) is 5.97 Å². The Balaban J connectivity index is 2.07. The SMILES string of the molecule is Cc1cc(C)cc(Nc2nnc(S[C@@H](C)C(=O)[O-])s2)c1. The van der Waals surface area contributed by atoms with Gasteiger partial charge in [0.2, 0.25) is 5.13 Å². The molecular weight excluding hydrogens is 294 g/mol. The van der Waals surface area contributed by atoms with Gasteiger partial charge in [-0.05, 0) is 44.0 Å². The molecule has 0 spiro atoms. The molecule has 2 rings (SSSR count). The molecule has 106 valence electrons. The van der Waals surface area contributed by atoms with Gasteiger partial charge in [-0.25, -0.2) is 0 Å². The zero-order chi connectivity index (χ0) is 14.7. The summed E-state index contributed by atoms with van der Waals surface area (Å²) < 4.78 is 0.605. The number of hydrogen-bond acceptors (Lipinski definition) is 7. The highest BCUT2D eigenvalue weighted by Crippen LogP contribution is 2.30. The molecule has 20 heavy (non-hydrogen) atoms. The zero-order valence-electron chi connectivity index (χ0n) is 11.3. The molecule has 2 aromatic rings. The fraction of sp³-hybridized carbons (Fsp3) is 0.308. The number of aliphatic carboxylic acids is 1. The Morgan fingerprint density at radius 2 is 1.95 bits per heavy atom. The molecule has 1 aromatic carbocycles. The Bertz CT molecular complexity index is 608. The Kier molecular flexibility index (Phi) is 4.61. The van der Waals surface area contributed by atoms with Gasteiger partial charge in [-0.3, -0.25) is 0 Å². The number of rotatable bonds is 5. The largest absolute Gasteiger partial charge is 0.549 e. The average molecular weight is 308 g/mol. The van der Waals surface area contributed by atoms with E-state index in [0.29, 0.717) is 9.47 Å². The number of thioether (sulfide) groups is 1. The molecule has 0 saturated heterocycles. The van der Waals surface area contributed by atoms with Crippen LogP contribution in [-0.2, 0) is 4.79 Å². The van der Waals surface area contributed by atoms with Crippen LogP contribution < -0.4 is 10.4 Å². The summed E-state index contributed by atoms with van der Waals surface area (Å²) in [6.07, 6.45) is 0. The maximum absolute atomic E-state index is 10.7. The fourth-order valence-corrected chi connectivity index (χ4v) is 3.52. The molecule has 0 aliphatic rings. The molecule has 0 saturated carbocycles. The summed E-state index contributed by atoms with van der Waals surface area (Å²) in [4.78, 5) is 10.7. The number of hydrogen-bond donors (Lipinski definition) is 1. The number of anilines is 2. The molecule has 1 heterocycles. The lowest BCUT2D eigenvalue weighted by molar-refractivity contribution is -0.304. The Hall–Kier alpha value is -1.60. The van der Waals surface area contributed by atoms with Crippen LogP contribution in [0.1, 0.15) is 18.1 Å². The van der Waals surface area contributed by atoms with Gasteiger partial charge in [0.15, 0.2) is 4.34 Å². The predicted octanol–water partition coefficient (Wildman–Crippen LogP) is 2.13. The fourth-order valence-electron chi connectivity index (χ4n) is 1.68. The van der Waals surface area contributed by atoms with Gasteiger partial charge in [0.1, 0.15) is 0 Å². The lowest BCUT2D eigenvalue weighted by atomic mass is 10.1. The minimum absolute atomic E-state index is 0.605. The Morgan fingerprint density at radius 3 is 2.55 bits per heavy atom. The van der Waals surface area contributed by atoms with E-state index < -0.39 is 11.2 Å². The van der Waals surface area contributed by atoms with Crippen molar-refractivity contribution in [3.8, 4) is 0 Å². The second kappa shape index (κ2) is 6.23. The third-order valence-corrected chi connectivity index (χ3v) is 4.49. The van der Waals surface area contributed by atoms with Crippen molar-refractivity contribution in [2.45, 2.75) is 30.4 Å². The number of carbonyl (C=O) groups excluding carboxylic acids is 1. The van der Waals surface area contributed by atoms with Gasteiger partial charge in [-0.15, -0.1) is 10.2 Å². The summed E-state index contributed by atoms with van der Waals surface area (Å²) in [7, 11) is 0. The second-order valence-corrected chi connectivity index (χ2v) is 7.02. The summed E-state index contributed by atoms with van der Waals surface area (Å²) in [5.41, 5.74) is 3.28. The molecular formula is C13H14N3O2S2-. The van der Waals surface area contributed by atoms with Crippen LogP contribution >= 0.6 is 23.1 Å². The van der Waals surface area contributed by atoms with Crippen LogP contribution in [0.2, 0.25) is 0 Å². The molecule has 0 aliphatic heterocycles. The summed E-state index contributed by atoms with van der Waals surface area (Å²) in [6.45, 7) is 5.63. The first-order valence-corrected chi connectivity index (χ1v) is 7.70. The molecule has 0 bridgehead atoms. The molecule has 1 aromatic heterocycles. The maximum atomic E-state index is 10.7. The maximum Gasteiger partial charge on any atom is 0.210 e. The van der Waals surface area contributed by atoms with Crippen molar-refractivity contribution in [1.82, 2.24) is 10.2 Å². The van der Waals surface area contributed by atoms with E-state index in [-0.39, 0.29) is 0 Å². The third kappa shape index (κ3) is 3.94. The lowest BCUT2D eigenvalue weighted by Crippen LogP contribution is -2.31. The van der Waals surface area contributed by atoms with E-state index in [4.69, 9.17) is 0 Å². The van der Waals surface area contributed by atoms with E-state index in [0.717, 1.165) is 28.6 Å². The van der Waals surface area contributed by atoms with Crippen molar-refractivity contribution in [1.29, 1.82) is 0 Å². The highest BCUT2D eigenvalue weighted by molar-refractivity contribution is 8.02. The van der Waals surface area contributed by atoms with E-state index in [2.05, 4.69) is 21.6 Å². The first kappa shape index (κ1) is 14.8. The van der Waals surface area contributed by atoms with Gasteiger partial charge in [0, 0.05) is 10.9 Å². The number of aromatic nitrogens is 2. The van der Waals surface area contributed by atoms with Crippen molar-refractivity contribution < 1.29 is 9.90 Å². The molecule has 0 unspecified atom stereocenters. The van der Waals surface area contributed by atoms with Crippen molar-refractivity contribution in [3.63, 3.8) is 0 Å². The average Bonchev–Trinajstić information content (AvgIpc) is 2.74.